The van der Waals surface area contributed by atoms with Crippen LogP contribution < -0.4 is 10.1 Å². The third-order valence-electron chi connectivity index (χ3n) is 6.47. The molecule has 9 nitrogen and oxygen atoms in total. The molecular formula is C21H26N6O3S. The van der Waals surface area contributed by atoms with Crippen LogP contribution in [0.5, 0.6) is 5.88 Å². The first-order chi connectivity index (χ1) is 15.1. The van der Waals surface area contributed by atoms with Gasteiger partial charge in [0.05, 0.1) is 18.0 Å². The number of piperidine rings is 1. The van der Waals surface area contributed by atoms with Crippen LogP contribution in [0.15, 0.2) is 18.6 Å². The Hall–Kier alpha value is -2.72. The summed E-state index contributed by atoms with van der Waals surface area (Å²) in [6.45, 7) is 3.21. The van der Waals surface area contributed by atoms with Gasteiger partial charge in [0.2, 0.25) is 5.88 Å². The summed E-state index contributed by atoms with van der Waals surface area (Å²) in [5.41, 5.74) is 2.86. The number of hydrogen-bond donors (Lipinski definition) is 1. The molecule has 2 saturated heterocycles. The molecule has 1 spiro atoms. The maximum atomic E-state index is 12.9. The Labute approximate surface area is 184 Å². The average Bonchev–Trinajstić information content (AvgIpc) is 3.40. The topological polar surface area (TPSA) is 94.4 Å². The minimum Gasteiger partial charge on any atom is -0.479 e. The first kappa shape index (κ1) is 20.2. The van der Waals surface area contributed by atoms with Crippen LogP contribution in [0.2, 0.25) is 0 Å². The van der Waals surface area contributed by atoms with Crippen molar-refractivity contribution in [2.24, 2.45) is 12.5 Å². The molecule has 3 aromatic heterocycles. The molecule has 0 saturated carbocycles. The molecule has 0 unspecified atom stereocenters. The van der Waals surface area contributed by atoms with E-state index in [-0.39, 0.29) is 6.03 Å². The van der Waals surface area contributed by atoms with Gasteiger partial charge in [-0.3, -0.25) is 10.00 Å². The minimum absolute atomic E-state index is 0.101. The number of amides is 2. The molecule has 2 aliphatic heterocycles. The fourth-order valence-electron chi connectivity index (χ4n) is 4.52. The highest BCUT2D eigenvalue weighted by molar-refractivity contribution is 7.23. The van der Waals surface area contributed by atoms with E-state index in [2.05, 4.69) is 20.4 Å². The largest absolute Gasteiger partial charge is 0.479 e. The smallest absolute Gasteiger partial charge is 0.323 e. The first-order valence-electron chi connectivity index (χ1n) is 10.5. The van der Waals surface area contributed by atoms with Gasteiger partial charge >= 0.3 is 6.03 Å². The van der Waals surface area contributed by atoms with Gasteiger partial charge in [0.1, 0.15) is 5.52 Å². The maximum absolute atomic E-state index is 12.9. The number of aryl methyl sites for hydroxylation is 1. The second-order valence-electron chi connectivity index (χ2n) is 8.31. The van der Waals surface area contributed by atoms with Gasteiger partial charge in [-0.15, -0.1) is 0 Å². The van der Waals surface area contributed by atoms with Crippen molar-refractivity contribution in [1.82, 2.24) is 24.6 Å². The molecule has 0 aliphatic carbocycles. The van der Waals surface area contributed by atoms with Crippen LogP contribution in [0.25, 0.3) is 21.3 Å². The third-order valence-corrected chi connectivity index (χ3v) is 7.48. The zero-order valence-corrected chi connectivity index (χ0v) is 18.6. The molecule has 10 heteroatoms. The summed E-state index contributed by atoms with van der Waals surface area (Å²) in [7, 11) is 3.45. The molecule has 2 aliphatic rings. The van der Waals surface area contributed by atoms with E-state index in [1.54, 1.807) is 24.2 Å². The highest BCUT2D eigenvalue weighted by Crippen LogP contribution is 2.41. The Morgan fingerprint density at radius 2 is 2.00 bits per heavy atom. The molecule has 2 amide bonds. The summed E-state index contributed by atoms with van der Waals surface area (Å²) < 4.78 is 13.6. The Morgan fingerprint density at radius 3 is 2.68 bits per heavy atom. The van der Waals surface area contributed by atoms with E-state index in [0.29, 0.717) is 21.9 Å². The third kappa shape index (κ3) is 3.85. The summed E-state index contributed by atoms with van der Waals surface area (Å²) in [5.74, 6) is 0.443. The summed E-state index contributed by atoms with van der Waals surface area (Å²) in [6.07, 6.45) is 9.76. The van der Waals surface area contributed by atoms with Crippen molar-refractivity contribution in [1.29, 1.82) is 0 Å². The van der Waals surface area contributed by atoms with Crippen molar-refractivity contribution < 1.29 is 14.3 Å². The fourth-order valence-corrected chi connectivity index (χ4v) is 5.50. The second kappa shape index (κ2) is 8.08. The predicted octanol–water partition coefficient (Wildman–Crippen LogP) is 3.52. The number of nitrogens with zero attached hydrogens (tertiary/aromatic N) is 5. The number of rotatable bonds is 3. The van der Waals surface area contributed by atoms with Gasteiger partial charge in [0, 0.05) is 56.9 Å². The molecule has 0 aromatic carbocycles. The van der Waals surface area contributed by atoms with Crippen molar-refractivity contribution >= 4 is 32.7 Å². The van der Waals surface area contributed by atoms with E-state index >= 15 is 0 Å². The second-order valence-corrected chi connectivity index (χ2v) is 9.31. The van der Waals surface area contributed by atoms with Crippen molar-refractivity contribution in [3.63, 3.8) is 0 Å². The van der Waals surface area contributed by atoms with Crippen LogP contribution in [-0.4, -0.2) is 64.1 Å². The molecule has 31 heavy (non-hydrogen) atoms. The van der Waals surface area contributed by atoms with E-state index in [9.17, 15) is 4.79 Å². The molecule has 5 rings (SSSR count). The molecule has 0 atom stereocenters. The van der Waals surface area contributed by atoms with Crippen LogP contribution in [0.3, 0.4) is 0 Å². The predicted molar refractivity (Wildman–Crippen MR) is 118 cm³/mol. The number of likely N-dealkylation sites (tertiary alicyclic amines) is 1. The number of carbonyl (C=O) groups is 1. The van der Waals surface area contributed by atoms with Crippen molar-refractivity contribution in [3.05, 3.63) is 18.6 Å². The average molecular weight is 443 g/mol. The molecule has 1 N–H and O–H groups in total. The van der Waals surface area contributed by atoms with Crippen LogP contribution >= 0.6 is 11.3 Å². The number of fused-ring (bicyclic) bond motifs is 1. The van der Waals surface area contributed by atoms with E-state index < -0.39 is 0 Å². The van der Waals surface area contributed by atoms with E-state index in [1.807, 2.05) is 18.1 Å². The lowest BCUT2D eigenvalue weighted by Crippen LogP contribution is -2.46. The maximum Gasteiger partial charge on any atom is 0.323 e. The fraction of sp³-hybridized carbons (Fsp3) is 0.524. The van der Waals surface area contributed by atoms with Gasteiger partial charge in [0.25, 0.3) is 0 Å². The number of ether oxygens (including phenoxy) is 2. The Bertz CT molecular complexity index is 1090. The van der Waals surface area contributed by atoms with Crippen molar-refractivity contribution in [2.45, 2.75) is 25.7 Å². The number of anilines is 1. The lowest BCUT2D eigenvalue weighted by atomic mass is 9.72. The first-order valence-corrected chi connectivity index (χ1v) is 11.3. The van der Waals surface area contributed by atoms with E-state index in [0.717, 1.165) is 67.8 Å². The molecule has 3 aromatic rings. The van der Waals surface area contributed by atoms with Crippen LogP contribution in [0.1, 0.15) is 25.7 Å². The number of urea groups is 1. The number of hydrogen-bond acceptors (Lipinski definition) is 7. The molecule has 164 valence electrons. The van der Waals surface area contributed by atoms with Crippen LogP contribution in [-0.2, 0) is 11.8 Å². The number of thiazole rings is 1. The van der Waals surface area contributed by atoms with Gasteiger partial charge in [0.15, 0.2) is 5.13 Å². The van der Waals surface area contributed by atoms with Crippen molar-refractivity contribution in [2.75, 3.05) is 38.7 Å². The van der Waals surface area contributed by atoms with Gasteiger partial charge in [-0.25, -0.2) is 14.8 Å². The summed E-state index contributed by atoms with van der Waals surface area (Å²) in [4.78, 5) is 23.8. The zero-order chi connectivity index (χ0) is 21.4. The lowest BCUT2D eigenvalue weighted by molar-refractivity contribution is -0.0138. The van der Waals surface area contributed by atoms with Crippen molar-refractivity contribution in [3.8, 4) is 17.0 Å². The zero-order valence-electron chi connectivity index (χ0n) is 17.8. The monoisotopic (exact) mass is 442 g/mol. The SMILES string of the molecule is COc1ncc(-c2cnn(C)c2)c2sc(NC(=O)N3CCC4(CCOCC4)CC3)nc12. The van der Waals surface area contributed by atoms with Gasteiger partial charge < -0.3 is 14.4 Å². The highest BCUT2D eigenvalue weighted by Gasteiger charge is 2.37. The molecule has 5 heterocycles. The highest BCUT2D eigenvalue weighted by atomic mass is 32.1. The van der Waals surface area contributed by atoms with E-state index in [1.165, 1.54) is 11.3 Å². The minimum atomic E-state index is -0.101. The Balaban J connectivity index is 1.35. The number of carbonyl (C=O) groups excluding carboxylic acids is 1. The quantitative estimate of drug-likeness (QED) is 0.667. The summed E-state index contributed by atoms with van der Waals surface area (Å²) >= 11 is 1.43. The number of nitrogens with one attached hydrogen (secondary N) is 1. The molecule has 0 radical (unpaired) electrons. The van der Waals surface area contributed by atoms with E-state index in [4.69, 9.17) is 9.47 Å². The Morgan fingerprint density at radius 1 is 1.23 bits per heavy atom. The number of methoxy groups -OCH3 is 1. The van der Waals surface area contributed by atoms with Gasteiger partial charge in [-0.1, -0.05) is 11.3 Å². The standard InChI is InChI=1S/C21H26N6O3S/c1-26-13-14(11-23-26)15-12-22-18(29-2)16-17(15)31-19(24-16)25-20(28)27-7-3-21(4-8-27)5-9-30-10-6-21/h11-13H,3-10H2,1-2H3,(H,24,25,28). The van der Waals surface area contributed by atoms with Crippen LogP contribution in [0.4, 0.5) is 9.93 Å². The normalized spacial score (nSPS) is 18.5. The molecule has 2 fully saturated rings. The number of pyridine rings is 1. The van der Waals surface area contributed by atoms with Crippen LogP contribution in [0, 0.1) is 5.41 Å². The number of aromatic nitrogens is 4. The lowest BCUT2D eigenvalue weighted by Gasteiger charge is -2.43. The molecular weight excluding hydrogens is 416 g/mol. The van der Waals surface area contributed by atoms with Gasteiger partial charge in [-0.05, 0) is 31.1 Å². The van der Waals surface area contributed by atoms with Gasteiger partial charge in [-0.2, -0.15) is 5.10 Å². The Kier molecular flexibility index (Phi) is 5.27. The summed E-state index contributed by atoms with van der Waals surface area (Å²) in [6, 6.07) is -0.101. The molecule has 0 bridgehead atoms. The summed E-state index contributed by atoms with van der Waals surface area (Å²) in [5, 5.41) is 7.79.